The lowest BCUT2D eigenvalue weighted by Crippen LogP contribution is -2.48. The minimum Gasteiger partial charge on any atom is -0.492 e. The molecular weight excluding hydrogens is 488 g/mol. The van der Waals surface area contributed by atoms with E-state index in [0.29, 0.717) is 42.5 Å². The van der Waals surface area contributed by atoms with Gasteiger partial charge in [0.15, 0.2) is 0 Å². The van der Waals surface area contributed by atoms with Gasteiger partial charge < -0.3 is 18.9 Å². The molecule has 1 saturated heterocycles. The fourth-order valence-corrected chi connectivity index (χ4v) is 4.92. The van der Waals surface area contributed by atoms with Gasteiger partial charge in [0, 0.05) is 43.0 Å². The first-order valence-corrected chi connectivity index (χ1v) is 13.0. The minimum atomic E-state index is -0.570. The zero-order chi connectivity index (χ0) is 26.4. The SMILES string of the molecule is CC(C)(C)OC(=O)N1CCC(c2cccc(Cl)c2)C[C@H]1CCOc1cc(Cn2ccnc2)ccc1C#N. The Bertz CT molecular complexity index is 1250. The Hall–Kier alpha value is -3.50. The van der Waals surface area contributed by atoms with Crippen molar-refractivity contribution in [2.24, 2.45) is 0 Å². The molecule has 0 spiro atoms. The molecule has 2 atom stereocenters. The summed E-state index contributed by atoms with van der Waals surface area (Å²) in [6, 6.07) is 15.7. The van der Waals surface area contributed by atoms with Crippen LogP contribution in [0.3, 0.4) is 0 Å². The van der Waals surface area contributed by atoms with Crippen molar-refractivity contribution in [2.45, 2.75) is 64.1 Å². The number of halogens is 1. The lowest BCUT2D eigenvalue weighted by Gasteiger charge is -2.40. The van der Waals surface area contributed by atoms with Crippen molar-refractivity contribution in [3.05, 3.63) is 82.9 Å². The van der Waals surface area contributed by atoms with Crippen molar-refractivity contribution in [3.63, 3.8) is 0 Å². The van der Waals surface area contributed by atoms with Crippen LogP contribution < -0.4 is 4.74 Å². The van der Waals surface area contributed by atoms with Gasteiger partial charge in [-0.2, -0.15) is 5.26 Å². The van der Waals surface area contributed by atoms with Gasteiger partial charge in [0.1, 0.15) is 17.4 Å². The third kappa shape index (κ3) is 7.27. The summed E-state index contributed by atoms with van der Waals surface area (Å²) < 4.78 is 13.8. The summed E-state index contributed by atoms with van der Waals surface area (Å²) >= 11 is 6.25. The highest BCUT2D eigenvalue weighted by atomic mass is 35.5. The number of carbonyl (C=O) groups is 1. The number of aromatic nitrogens is 2. The van der Waals surface area contributed by atoms with E-state index in [1.165, 1.54) is 5.56 Å². The van der Waals surface area contributed by atoms with Gasteiger partial charge in [-0.05, 0) is 74.9 Å². The first-order chi connectivity index (χ1) is 17.7. The van der Waals surface area contributed by atoms with E-state index in [1.807, 2.05) is 66.8 Å². The number of hydrogen-bond donors (Lipinski definition) is 0. The number of benzene rings is 2. The van der Waals surface area contributed by atoms with E-state index in [1.54, 1.807) is 18.6 Å². The summed E-state index contributed by atoms with van der Waals surface area (Å²) in [4.78, 5) is 19.0. The third-order valence-corrected chi connectivity index (χ3v) is 6.70. The second-order valence-corrected chi connectivity index (χ2v) is 10.9. The molecule has 0 aliphatic carbocycles. The van der Waals surface area contributed by atoms with Crippen LogP contribution in [0.4, 0.5) is 4.79 Å². The lowest BCUT2D eigenvalue weighted by atomic mass is 9.84. The highest BCUT2D eigenvalue weighted by molar-refractivity contribution is 6.30. The standard InChI is InChI=1S/C29H33ClN4O3/c1-29(2,3)37-28(35)34-12-9-23(22-5-4-6-25(30)16-22)17-26(34)10-14-36-27-15-21(7-8-24(27)18-31)19-33-13-11-32-20-33/h4-8,11,13,15-16,20,23,26H,9-10,12,14,17,19H2,1-3H3/t23?,26-/m1/s1. The second-order valence-electron chi connectivity index (χ2n) is 10.4. The van der Waals surface area contributed by atoms with E-state index in [4.69, 9.17) is 21.1 Å². The molecule has 0 N–H and O–H groups in total. The summed E-state index contributed by atoms with van der Waals surface area (Å²) in [6.07, 6.45) is 7.32. The van der Waals surface area contributed by atoms with Crippen LogP contribution in [0.25, 0.3) is 0 Å². The van der Waals surface area contributed by atoms with Crippen molar-refractivity contribution in [1.82, 2.24) is 14.5 Å². The fourth-order valence-electron chi connectivity index (χ4n) is 4.72. The minimum absolute atomic E-state index is 0.0627. The summed E-state index contributed by atoms with van der Waals surface area (Å²) in [7, 11) is 0. The molecule has 1 amide bonds. The van der Waals surface area contributed by atoms with E-state index in [0.717, 1.165) is 18.4 Å². The summed E-state index contributed by atoms with van der Waals surface area (Å²) in [5.41, 5.74) is 2.11. The summed E-state index contributed by atoms with van der Waals surface area (Å²) in [6.45, 7) is 7.24. The lowest BCUT2D eigenvalue weighted by molar-refractivity contribution is 0.00545. The predicted molar refractivity (Wildman–Crippen MR) is 143 cm³/mol. The average molecular weight is 521 g/mol. The highest BCUT2D eigenvalue weighted by Gasteiger charge is 2.34. The van der Waals surface area contributed by atoms with Gasteiger partial charge in [-0.3, -0.25) is 0 Å². The zero-order valence-corrected chi connectivity index (χ0v) is 22.3. The predicted octanol–water partition coefficient (Wildman–Crippen LogP) is 6.41. The van der Waals surface area contributed by atoms with Crippen molar-refractivity contribution in [3.8, 4) is 11.8 Å². The normalized spacial score (nSPS) is 17.8. The van der Waals surface area contributed by atoms with E-state index >= 15 is 0 Å². The quantitative estimate of drug-likeness (QED) is 0.359. The number of nitriles is 1. The Labute approximate surface area is 223 Å². The topological polar surface area (TPSA) is 80.4 Å². The van der Waals surface area contributed by atoms with Crippen LogP contribution in [0.15, 0.2) is 61.2 Å². The van der Waals surface area contributed by atoms with Crippen LogP contribution in [0.2, 0.25) is 5.02 Å². The highest BCUT2D eigenvalue weighted by Crippen LogP contribution is 2.35. The molecule has 2 heterocycles. The molecule has 1 aromatic heterocycles. The van der Waals surface area contributed by atoms with Gasteiger partial charge in [0.2, 0.25) is 0 Å². The van der Waals surface area contributed by atoms with Gasteiger partial charge in [-0.25, -0.2) is 9.78 Å². The monoisotopic (exact) mass is 520 g/mol. The van der Waals surface area contributed by atoms with Crippen LogP contribution >= 0.6 is 11.6 Å². The van der Waals surface area contributed by atoms with E-state index in [2.05, 4.69) is 17.1 Å². The third-order valence-electron chi connectivity index (χ3n) is 6.46. The Morgan fingerprint density at radius 3 is 2.78 bits per heavy atom. The van der Waals surface area contributed by atoms with Crippen molar-refractivity contribution in [1.29, 1.82) is 5.26 Å². The number of ether oxygens (including phenoxy) is 2. The second kappa shape index (κ2) is 11.7. The Balaban J connectivity index is 1.47. The largest absolute Gasteiger partial charge is 0.492 e. The smallest absolute Gasteiger partial charge is 0.410 e. The molecule has 1 fully saturated rings. The zero-order valence-electron chi connectivity index (χ0n) is 21.6. The number of piperidine rings is 1. The molecule has 1 aliphatic rings. The molecule has 0 bridgehead atoms. The number of nitrogens with zero attached hydrogens (tertiary/aromatic N) is 4. The number of rotatable bonds is 7. The van der Waals surface area contributed by atoms with Crippen LogP contribution in [0.5, 0.6) is 5.75 Å². The molecule has 2 aromatic carbocycles. The molecule has 4 rings (SSSR count). The van der Waals surface area contributed by atoms with Crippen molar-refractivity contribution >= 4 is 17.7 Å². The van der Waals surface area contributed by atoms with Crippen LogP contribution in [0, 0.1) is 11.3 Å². The number of amides is 1. The maximum atomic E-state index is 13.0. The van der Waals surface area contributed by atoms with Crippen LogP contribution in [0.1, 0.15) is 62.6 Å². The fraction of sp³-hybridized carbons (Fsp3) is 0.414. The first-order valence-electron chi connectivity index (χ1n) is 12.6. The maximum Gasteiger partial charge on any atom is 0.410 e. The molecule has 37 heavy (non-hydrogen) atoms. The van der Waals surface area contributed by atoms with Gasteiger partial charge in [-0.15, -0.1) is 0 Å². The maximum absolute atomic E-state index is 13.0. The van der Waals surface area contributed by atoms with Gasteiger partial charge in [0.05, 0.1) is 18.5 Å². The van der Waals surface area contributed by atoms with E-state index in [-0.39, 0.29) is 18.1 Å². The molecule has 0 radical (unpaired) electrons. The number of likely N-dealkylation sites (tertiary alicyclic amines) is 1. The molecule has 1 aliphatic heterocycles. The Morgan fingerprint density at radius 1 is 1.24 bits per heavy atom. The molecule has 7 nitrogen and oxygen atoms in total. The first kappa shape index (κ1) is 26.6. The molecule has 1 unspecified atom stereocenters. The molecule has 194 valence electrons. The van der Waals surface area contributed by atoms with Crippen LogP contribution in [-0.4, -0.2) is 45.3 Å². The molecule has 0 saturated carbocycles. The van der Waals surface area contributed by atoms with E-state index < -0.39 is 5.60 Å². The van der Waals surface area contributed by atoms with Crippen molar-refractivity contribution in [2.75, 3.05) is 13.2 Å². The molecule has 3 aromatic rings. The summed E-state index contributed by atoms with van der Waals surface area (Å²) in [5, 5.41) is 10.3. The van der Waals surface area contributed by atoms with Gasteiger partial charge >= 0.3 is 6.09 Å². The Kier molecular flexibility index (Phi) is 8.40. The summed E-state index contributed by atoms with van der Waals surface area (Å²) in [5.74, 6) is 0.835. The van der Waals surface area contributed by atoms with Gasteiger partial charge in [0.25, 0.3) is 0 Å². The molecular formula is C29H33ClN4O3. The number of hydrogen-bond acceptors (Lipinski definition) is 5. The van der Waals surface area contributed by atoms with Crippen molar-refractivity contribution < 1.29 is 14.3 Å². The number of carbonyl (C=O) groups excluding carboxylic acids is 1. The number of imidazole rings is 1. The van der Waals surface area contributed by atoms with Gasteiger partial charge in [-0.1, -0.05) is 29.8 Å². The Morgan fingerprint density at radius 2 is 2.08 bits per heavy atom. The average Bonchev–Trinajstić information content (AvgIpc) is 3.36. The van der Waals surface area contributed by atoms with Crippen LogP contribution in [-0.2, 0) is 11.3 Å². The van der Waals surface area contributed by atoms with E-state index in [9.17, 15) is 10.1 Å². The molecule has 8 heteroatoms.